The van der Waals surface area contributed by atoms with Crippen molar-refractivity contribution in [2.75, 3.05) is 0 Å². The highest BCUT2D eigenvalue weighted by molar-refractivity contribution is 6.08. The predicted molar refractivity (Wildman–Crippen MR) is 36.5 cm³/mol. The lowest BCUT2D eigenvalue weighted by Crippen LogP contribution is -2.04. The second kappa shape index (κ2) is 2.82. The zero-order chi connectivity index (χ0) is 7.40. The van der Waals surface area contributed by atoms with Crippen LogP contribution in [0.2, 0.25) is 0 Å². The minimum absolute atomic E-state index is 0.144. The van der Waals surface area contributed by atoms with Crippen LogP contribution in [0, 0.1) is 0 Å². The smallest absolute Gasteiger partial charge is 0.338 e. The summed E-state index contributed by atoms with van der Waals surface area (Å²) < 4.78 is 0. The van der Waals surface area contributed by atoms with Gasteiger partial charge in [0.1, 0.15) is 0 Å². The van der Waals surface area contributed by atoms with Crippen molar-refractivity contribution >= 4 is 12.2 Å². The highest BCUT2D eigenvalue weighted by Crippen LogP contribution is 1.91. The number of aliphatic imine (C=N–C) groups is 1. The van der Waals surface area contributed by atoms with E-state index >= 15 is 0 Å². The van der Waals surface area contributed by atoms with Gasteiger partial charge in [-0.15, -0.1) is 0 Å². The summed E-state index contributed by atoms with van der Waals surface area (Å²) in [6.07, 6.45) is 5.67. The van der Waals surface area contributed by atoms with Crippen molar-refractivity contribution in [3.05, 3.63) is 24.2 Å². The van der Waals surface area contributed by atoms with Crippen LogP contribution in [0.1, 0.15) is 0 Å². The molecule has 52 valence electrons. The standard InChI is InChI=1S/C6H6N2O2/c9-6(10)5-3-7-1-2-8-4-5/h1-4,7H,(H,9,10). The van der Waals surface area contributed by atoms with E-state index in [4.69, 9.17) is 5.11 Å². The number of hydrogen-bond acceptors (Lipinski definition) is 3. The average molecular weight is 138 g/mol. The van der Waals surface area contributed by atoms with Gasteiger partial charge in [-0.05, 0) is 0 Å². The summed E-state index contributed by atoms with van der Waals surface area (Å²) in [5.41, 5.74) is 0.144. The first-order chi connectivity index (χ1) is 4.80. The van der Waals surface area contributed by atoms with E-state index in [1.807, 2.05) is 0 Å². The fourth-order valence-corrected chi connectivity index (χ4v) is 0.502. The fraction of sp³-hybridized carbons (Fsp3) is 0. The van der Waals surface area contributed by atoms with Crippen molar-refractivity contribution in [1.29, 1.82) is 0 Å². The van der Waals surface area contributed by atoms with E-state index in [0.717, 1.165) is 0 Å². The number of carbonyl (C=O) groups is 1. The van der Waals surface area contributed by atoms with Gasteiger partial charge in [0, 0.05) is 24.8 Å². The molecule has 0 atom stereocenters. The van der Waals surface area contributed by atoms with Gasteiger partial charge in [0.25, 0.3) is 0 Å². The van der Waals surface area contributed by atoms with Crippen LogP contribution < -0.4 is 5.32 Å². The van der Waals surface area contributed by atoms with E-state index in [1.54, 1.807) is 6.20 Å². The minimum atomic E-state index is -0.986. The molecular formula is C6H6N2O2. The average Bonchev–Trinajstić information content (AvgIpc) is 2.12. The maximum absolute atomic E-state index is 10.3. The summed E-state index contributed by atoms with van der Waals surface area (Å²) >= 11 is 0. The van der Waals surface area contributed by atoms with Gasteiger partial charge in [-0.1, -0.05) is 0 Å². The molecule has 10 heavy (non-hydrogen) atoms. The van der Waals surface area contributed by atoms with Gasteiger partial charge in [-0.2, -0.15) is 0 Å². The topological polar surface area (TPSA) is 61.7 Å². The zero-order valence-corrected chi connectivity index (χ0v) is 5.11. The number of aliphatic carboxylic acids is 1. The van der Waals surface area contributed by atoms with Crippen molar-refractivity contribution < 1.29 is 9.90 Å². The zero-order valence-electron chi connectivity index (χ0n) is 5.11. The Hall–Kier alpha value is -1.58. The van der Waals surface area contributed by atoms with Crippen molar-refractivity contribution in [2.45, 2.75) is 0 Å². The molecule has 0 saturated heterocycles. The van der Waals surface area contributed by atoms with E-state index in [9.17, 15) is 4.79 Å². The molecule has 0 bridgehead atoms. The molecule has 0 spiro atoms. The molecule has 0 aliphatic carbocycles. The monoisotopic (exact) mass is 138 g/mol. The molecule has 1 aliphatic heterocycles. The maximum atomic E-state index is 10.3. The SMILES string of the molecule is O=C(O)C1=CNC=CN=C1. The molecule has 1 rings (SSSR count). The Morgan fingerprint density at radius 2 is 2.50 bits per heavy atom. The lowest BCUT2D eigenvalue weighted by atomic mass is 10.3. The van der Waals surface area contributed by atoms with Crippen LogP contribution in [0.4, 0.5) is 0 Å². The molecule has 1 aliphatic rings. The summed E-state index contributed by atoms with van der Waals surface area (Å²) in [6, 6.07) is 0. The Balaban J connectivity index is 2.78. The van der Waals surface area contributed by atoms with Crippen LogP contribution in [0.15, 0.2) is 29.2 Å². The van der Waals surface area contributed by atoms with Gasteiger partial charge < -0.3 is 10.4 Å². The van der Waals surface area contributed by atoms with Crippen LogP contribution >= 0.6 is 0 Å². The van der Waals surface area contributed by atoms with Crippen molar-refractivity contribution in [1.82, 2.24) is 5.32 Å². The van der Waals surface area contributed by atoms with Crippen LogP contribution in [-0.2, 0) is 4.79 Å². The number of rotatable bonds is 1. The van der Waals surface area contributed by atoms with E-state index in [2.05, 4.69) is 10.3 Å². The maximum Gasteiger partial charge on any atom is 0.338 e. The normalized spacial score (nSPS) is 15.4. The number of nitrogens with zero attached hydrogens (tertiary/aromatic N) is 1. The molecule has 0 aromatic rings. The van der Waals surface area contributed by atoms with Gasteiger partial charge >= 0.3 is 5.97 Å². The molecule has 0 aromatic carbocycles. The summed E-state index contributed by atoms with van der Waals surface area (Å²) in [6.45, 7) is 0. The van der Waals surface area contributed by atoms with Gasteiger partial charge in [0.15, 0.2) is 0 Å². The Kier molecular flexibility index (Phi) is 1.84. The predicted octanol–water partition coefficient (Wildman–Crippen LogP) is 0.100. The quantitative estimate of drug-likeness (QED) is 0.540. The first kappa shape index (κ1) is 6.54. The van der Waals surface area contributed by atoms with Gasteiger partial charge in [0.05, 0.1) is 5.57 Å². The molecular weight excluding hydrogens is 132 g/mol. The highest BCUT2D eigenvalue weighted by atomic mass is 16.4. The third-order valence-electron chi connectivity index (χ3n) is 0.956. The van der Waals surface area contributed by atoms with Gasteiger partial charge in [-0.3, -0.25) is 4.99 Å². The van der Waals surface area contributed by atoms with E-state index in [0.29, 0.717) is 0 Å². The van der Waals surface area contributed by atoms with Gasteiger partial charge in [0.2, 0.25) is 0 Å². The van der Waals surface area contributed by atoms with Crippen LogP contribution in [0.5, 0.6) is 0 Å². The second-order valence-electron chi connectivity index (χ2n) is 1.67. The number of carboxylic acids is 1. The molecule has 0 fully saturated rings. The Labute approximate surface area is 57.6 Å². The Bertz CT molecular complexity index is 228. The number of carboxylic acid groups (broad SMARTS) is 1. The van der Waals surface area contributed by atoms with E-state index < -0.39 is 5.97 Å². The van der Waals surface area contributed by atoms with Crippen molar-refractivity contribution in [2.24, 2.45) is 4.99 Å². The molecule has 0 amide bonds. The van der Waals surface area contributed by atoms with E-state index in [1.165, 1.54) is 18.6 Å². The molecule has 2 N–H and O–H groups in total. The lowest BCUT2D eigenvalue weighted by molar-refractivity contribution is -0.132. The molecule has 4 heteroatoms. The number of hydrogen-bond donors (Lipinski definition) is 2. The first-order valence-electron chi connectivity index (χ1n) is 2.68. The van der Waals surface area contributed by atoms with Crippen molar-refractivity contribution in [3.63, 3.8) is 0 Å². The second-order valence-corrected chi connectivity index (χ2v) is 1.67. The molecule has 4 nitrogen and oxygen atoms in total. The summed E-state index contributed by atoms with van der Waals surface area (Å²) in [5, 5.41) is 11.1. The molecule has 0 radical (unpaired) electrons. The summed E-state index contributed by atoms with van der Waals surface area (Å²) in [7, 11) is 0. The highest BCUT2D eigenvalue weighted by Gasteiger charge is 2.02. The van der Waals surface area contributed by atoms with Crippen molar-refractivity contribution in [3.8, 4) is 0 Å². The van der Waals surface area contributed by atoms with E-state index in [-0.39, 0.29) is 5.57 Å². The molecule has 0 aromatic heterocycles. The minimum Gasteiger partial charge on any atom is -0.478 e. The molecule has 0 unspecified atom stereocenters. The Morgan fingerprint density at radius 1 is 1.70 bits per heavy atom. The first-order valence-corrected chi connectivity index (χ1v) is 2.68. The largest absolute Gasteiger partial charge is 0.478 e. The third-order valence-corrected chi connectivity index (χ3v) is 0.956. The fourth-order valence-electron chi connectivity index (χ4n) is 0.502. The van der Waals surface area contributed by atoms with Crippen LogP contribution in [-0.4, -0.2) is 17.3 Å². The van der Waals surface area contributed by atoms with Crippen LogP contribution in [0.3, 0.4) is 0 Å². The number of nitrogens with one attached hydrogen (secondary N) is 1. The third kappa shape index (κ3) is 1.45. The lowest BCUT2D eigenvalue weighted by Gasteiger charge is -1.89. The Morgan fingerprint density at radius 3 is 3.20 bits per heavy atom. The molecule has 1 heterocycles. The summed E-state index contributed by atoms with van der Waals surface area (Å²) in [5.74, 6) is -0.986. The van der Waals surface area contributed by atoms with Gasteiger partial charge in [-0.25, -0.2) is 4.79 Å². The molecule has 0 saturated carbocycles. The summed E-state index contributed by atoms with van der Waals surface area (Å²) in [4.78, 5) is 13.9. The van der Waals surface area contributed by atoms with Crippen LogP contribution in [0.25, 0.3) is 0 Å².